The molecule has 0 bridgehead atoms. The SMILES string of the molecule is CS(=O)(=O)N(CC(=O)N/N=C\c1cccc(C(F)(F)F)c1)c1ccc(I)cc1. The van der Waals surface area contributed by atoms with E-state index in [1.165, 1.54) is 12.1 Å². The summed E-state index contributed by atoms with van der Waals surface area (Å²) in [6, 6.07) is 10.9. The molecule has 150 valence electrons. The van der Waals surface area contributed by atoms with Gasteiger partial charge in [-0.15, -0.1) is 0 Å². The van der Waals surface area contributed by atoms with E-state index >= 15 is 0 Å². The number of rotatable bonds is 6. The molecule has 28 heavy (non-hydrogen) atoms. The third-order valence-corrected chi connectivity index (χ3v) is 5.28. The van der Waals surface area contributed by atoms with E-state index < -0.39 is 34.2 Å². The smallest absolute Gasteiger partial charge is 0.271 e. The summed E-state index contributed by atoms with van der Waals surface area (Å²) in [4.78, 5) is 12.0. The number of hydrogen-bond donors (Lipinski definition) is 1. The van der Waals surface area contributed by atoms with Gasteiger partial charge >= 0.3 is 6.18 Å². The van der Waals surface area contributed by atoms with Crippen LogP contribution in [0, 0.1) is 3.57 Å². The van der Waals surface area contributed by atoms with Crippen molar-refractivity contribution in [3.8, 4) is 0 Å². The Morgan fingerprint density at radius 3 is 2.43 bits per heavy atom. The normalized spacial score (nSPS) is 12.2. The van der Waals surface area contributed by atoms with Gasteiger partial charge in [-0.25, -0.2) is 13.8 Å². The highest BCUT2D eigenvalue weighted by Gasteiger charge is 2.30. The van der Waals surface area contributed by atoms with E-state index in [2.05, 4.69) is 33.1 Å². The van der Waals surface area contributed by atoms with Crippen molar-refractivity contribution in [2.75, 3.05) is 17.1 Å². The van der Waals surface area contributed by atoms with Crippen LogP contribution in [0.25, 0.3) is 0 Å². The Labute approximate surface area is 173 Å². The zero-order valence-electron chi connectivity index (χ0n) is 14.4. The van der Waals surface area contributed by atoms with Gasteiger partial charge in [0, 0.05) is 3.57 Å². The van der Waals surface area contributed by atoms with E-state index in [4.69, 9.17) is 0 Å². The molecule has 0 aliphatic carbocycles. The molecular formula is C17H15F3IN3O3S. The number of carbonyl (C=O) groups is 1. The maximum atomic E-state index is 12.7. The number of sulfonamides is 1. The third-order valence-electron chi connectivity index (χ3n) is 3.42. The summed E-state index contributed by atoms with van der Waals surface area (Å²) >= 11 is 2.06. The number of halogens is 4. The second-order valence-electron chi connectivity index (χ2n) is 5.66. The highest BCUT2D eigenvalue weighted by atomic mass is 127. The molecule has 0 unspecified atom stereocenters. The molecule has 0 heterocycles. The van der Waals surface area contributed by atoms with E-state index in [1.807, 2.05) is 0 Å². The summed E-state index contributed by atoms with van der Waals surface area (Å²) in [7, 11) is -3.73. The average molecular weight is 525 g/mol. The quantitative estimate of drug-likeness (QED) is 0.358. The summed E-state index contributed by atoms with van der Waals surface area (Å²) in [6.45, 7) is -0.528. The number of alkyl halides is 3. The van der Waals surface area contributed by atoms with Crippen molar-refractivity contribution in [2.45, 2.75) is 6.18 Å². The molecule has 0 aliphatic rings. The highest BCUT2D eigenvalue weighted by Crippen LogP contribution is 2.29. The minimum Gasteiger partial charge on any atom is -0.271 e. The topological polar surface area (TPSA) is 78.8 Å². The van der Waals surface area contributed by atoms with E-state index in [0.29, 0.717) is 5.69 Å². The molecule has 6 nitrogen and oxygen atoms in total. The molecule has 0 aliphatic heterocycles. The van der Waals surface area contributed by atoms with Gasteiger partial charge < -0.3 is 0 Å². The van der Waals surface area contributed by atoms with Gasteiger partial charge in [0.25, 0.3) is 5.91 Å². The number of hydrazone groups is 1. The Hall–Kier alpha value is -2.15. The average Bonchev–Trinajstić information content (AvgIpc) is 2.59. The molecular weight excluding hydrogens is 510 g/mol. The summed E-state index contributed by atoms with van der Waals surface area (Å²) < 4.78 is 63.8. The predicted molar refractivity (Wildman–Crippen MR) is 109 cm³/mol. The minimum absolute atomic E-state index is 0.132. The van der Waals surface area contributed by atoms with Crippen LogP contribution in [0.3, 0.4) is 0 Å². The van der Waals surface area contributed by atoms with Gasteiger partial charge in [-0.05, 0) is 64.6 Å². The fraction of sp³-hybridized carbons (Fsp3) is 0.176. The molecule has 0 radical (unpaired) electrons. The lowest BCUT2D eigenvalue weighted by molar-refractivity contribution is -0.137. The first-order chi connectivity index (χ1) is 13.0. The van der Waals surface area contributed by atoms with Gasteiger partial charge in [0.1, 0.15) is 6.54 Å². The van der Waals surface area contributed by atoms with Gasteiger partial charge in [0.2, 0.25) is 10.0 Å². The molecule has 0 saturated carbocycles. The van der Waals surface area contributed by atoms with E-state index in [9.17, 15) is 26.4 Å². The Bertz CT molecular complexity index is 977. The van der Waals surface area contributed by atoms with Crippen LogP contribution in [-0.2, 0) is 21.0 Å². The third kappa shape index (κ3) is 6.48. The molecule has 1 N–H and O–H groups in total. The van der Waals surface area contributed by atoms with Crippen molar-refractivity contribution in [1.82, 2.24) is 5.43 Å². The van der Waals surface area contributed by atoms with Gasteiger partial charge in [0.05, 0.1) is 23.7 Å². The molecule has 0 spiro atoms. The monoisotopic (exact) mass is 525 g/mol. The number of hydrogen-bond acceptors (Lipinski definition) is 4. The summed E-state index contributed by atoms with van der Waals surface area (Å²) in [5.74, 6) is -0.743. The Balaban J connectivity index is 2.07. The minimum atomic E-state index is -4.49. The lowest BCUT2D eigenvalue weighted by Gasteiger charge is -2.21. The van der Waals surface area contributed by atoms with Crippen molar-refractivity contribution in [2.24, 2.45) is 5.10 Å². The second-order valence-corrected chi connectivity index (χ2v) is 8.81. The van der Waals surface area contributed by atoms with Crippen LogP contribution >= 0.6 is 22.6 Å². The van der Waals surface area contributed by atoms with Crippen molar-refractivity contribution in [3.63, 3.8) is 0 Å². The van der Waals surface area contributed by atoms with Crippen molar-refractivity contribution >= 4 is 50.4 Å². The maximum Gasteiger partial charge on any atom is 0.416 e. The lowest BCUT2D eigenvalue weighted by atomic mass is 10.1. The molecule has 2 aromatic rings. The standard InChI is InChI=1S/C17H15F3IN3O3S/c1-28(26,27)24(15-7-5-14(21)6-8-15)11-16(25)23-22-10-12-3-2-4-13(9-12)17(18,19)20/h2-10H,11H2,1H3,(H,23,25)/b22-10-. The summed E-state index contributed by atoms with van der Waals surface area (Å²) in [6.07, 6.45) is -2.48. The lowest BCUT2D eigenvalue weighted by Crippen LogP contribution is -2.39. The molecule has 1 amide bonds. The number of nitrogens with one attached hydrogen (secondary N) is 1. The number of nitrogens with zero attached hydrogens (tertiary/aromatic N) is 2. The van der Waals surface area contributed by atoms with Crippen molar-refractivity contribution < 1.29 is 26.4 Å². The number of anilines is 1. The Morgan fingerprint density at radius 1 is 1.21 bits per heavy atom. The van der Waals surface area contributed by atoms with Crippen LogP contribution in [0.1, 0.15) is 11.1 Å². The number of benzene rings is 2. The maximum absolute atomic E-state index is 12.7. The fourth-order valence-corrected chi connectivity index (χ4v) is 3.36. The molecule has 0 fully saturated rings. The second kappa shape index (κ2) is 8.90. The zero-order chi connectivity index (χ0) is 20.9. The van der Waals surface area contributed by atoms with Gasteiger partial charge in [0.15, 0.2) is 0 Å². The zero-order valence-corrected chi connectivity index (χ0v) is 17.4. The first-order valence-corrected chi connectivity index (χ1v) is 10.6. The van der Waals surface area contributed by atoms with E-state index in [1.54, 1.807) is 24.3 Å². The van der Waals surface area contributed by atoms with Gasteiger partial charge in [-0.3, -0.25) is 9.10 Å². The van der Waals surface area contributed by atoms with Crippen LogP contribution in [0.2, 0.25) is 0 Å². The molecule has 0 aromatic heterocycles. The van der Waals surface area contributed by atoms with Crippen LogP contribution < -0.4 is 9.73 Å². The Morgan fingerprint density at radius 2 is 1.86 bits per heavy atom. The van der Waals surface area contributed by atoms with E-state index in [0.717, 1.165) is 32.5 Å². The molecule has 2 aromatic carbocycles. The first-order valence-electron chi connectivity index (χ1n) is 7.69. The predicted octanol–water partition coefficient (Wildman–Crippen LogP) is 3.23. The van der Waals surface area contributed by atoms with Crippen molar-refractivity contribution in [1.29, 1.82) is 0 Å². The highest BCUT2D eigenvalue weighted by molar-refractivity contribution is 14.1. The molecule has 2 rings (SSSR count). The first kappa shape index (κ1) is 22.1. The largest absolute Gasteiger partial charge is 0.416 e. The van der Waals surface area contributed by atoms with E-state index in [-0.39, 0.29) is 5.56 Å². The molecule has 0 atom stereocenters. The van der Waals surface area contributed by atoms with Gasteiger partial charge in [-0.2, -0.15) is 18.3 Å². The fourth-order valence-electron chi connectivity index (χ4n) is 2.15. The molecule has 11 heteroatoms. The molecule has 0 saturated heterocycles. The summed E-state index contributed by atoms with van der Waals surface area (Å²) in [5.41, 5.74) is 1.71. The van der Waals surface area contributed by atoms with Crippen LogP contribution in [0.5, 0.6) is 0 Å². The Kier molecular flexibility index (Phi) is 7.04. The van der Waals surface area contributed by atoms with Crippen molar-refractivity contribution in [3.05, 3.63) is 63.2 Å². The number of amides is 1. The van der Waals surface area contributed by atoms with Crippen LogP contribution in [0.15, 0.2) is 53.6 Å². The van der Waals surface area contributed by atoms with Crippen LogP contribution in [0.4, 0.5) is 18.9 Å². The van der Waals surface area contributed by atoms with Crippen LogP contribution in [-0.4, -0.2) is 33.3 Å². The number of carbonyl (C=O) groups excluding carboxylic acids is 1. The van der Waals surface area contributed by atoms with Gasteiger partial charge in [-0.1, -0.05) is 12.1 Å². The summed E-state index contributed by atoms with van der Waals surface area (Å²) in [5, 5.41) is 3.59.